The van der Waals surface area contributed by atoms with Crippen LogP contribution in [-0.2, 0) is 28.9 Å². The van der Waals surface area contributed by atoms with Gasteiger partial charge in [0.2, 0.25) is 5.91 Å². The molecular weight excluding hydrogens is 314 g/mol. The van der Waals surface area contributed by atoms with E-state index in [1.807, 2.05) is 41.4 Å². The standard InChI is InChI=1S/C20H25N3O2/c1-25-14-18-20-17(12-21-23(20)13-16-7-8-16)9-10-22(18)19(24)11-15-5-3-2-4-6-15/h2-6,12,16,18H,7-11,13-14H2,1H3/t18-/m0/s1. The molecule has 1 aromatic carbocycles. The number of hydrogen-bond acceptors (Lipinski definition) is 3. The zero-order chi connectivity index (χ0) is 17.2. The van der Waals surface area contributed by atoms with Crippen molar-refractivity contribution in [2.24, 2.45) is 5.92 Å². The van der Waals surface area contributed by atoms with Gasteiger partial charge in [-0.1, -0.05) is 30.3 Å². The lowest BCUT2D eigenvalue weighted by Crippen LogP contribution is -2.43. The number of aromatic nitrogens is 2. The Morgan fingerprint density at radius 2 is 2.08 bits per heavy atom. The van der Waals surface area contributed by atoms with Gasteiger partial charge in [0.1, 0.15) is 0 Å². The average Bonchev–Trinajstić information content (AvgIpc) is 3.35. The molecule has 1 aromatic heterocycles. The van der Waals surface area contributed by atoms with Crippen LogP contribution in [0.25, 0.3) is 0 Å². The minimum absolute atomic E-state index is 0.0359. The maximum absolute atomic E-state index is 13.0. The van der Waals surface area contributed by atoms with Crippen molar-refractivity contribution in [2.75, 3.05) is 20.3 Å². The molecule has 132 valence electrons. The van der Waals surface area contributed by atoms with Crippen molar-refractivity contribution in [3.63, 3.8) is 0 Å². The zero-order valence-corrected chi connectivity index (χ0v) is 14.7. The van der Waals surface area contributed by atoms with Gasteiger partial charge in [0.15, 0.2) is 0 Å². The lowest BCUT2D eigenvalue weighted by atomic mass is 9.99. The van der Waals surface area contributed by atoms with Gasteiger partial charge in [0.25, 0.3) is 0 Å². The number of fused-ring (bicyclic) bond motifs is 1. The highest BCUT2D eigenvalue weighted by Crippen LogP contribution is 2.35. The number of methoxy groups -OCH3 is 1. The summed E-state index contributed by atoms with van der Waals surface area (Å²) in [6.45, 7) is 2.22. The van der Waals surface area contributed by atoms with E-state index in [0.29, 0.717) is 13.0 Å². The third-order valence-electron chi connectivity index (χ3n) is 5.25. The Labute approximate surface area is 148 Å². The van der Waals surface area contributed by atoms with Crippen LogP contribution in [0, 0.1) is 5.92 Å². The van der Waals surface area contributed by atoms with Crippen molar-refractivity contribution in [1.82, 2.24) is 14.7 Å². The van der Waals surface area contributed by atoms with Crippen molar-refractivity contribution in [1.29, 1.82) is 0 Å². The molecule has 2 aromatic rings. The molecule has 1 aliphatic heterocycles. The first-order valence-electron chi connectivity index (χ1n) is 9.13. The third kappa shape index (κ3) is 3.47. The van der Waals surface area contributed by atoms with E-state index >= 15 is 0 Å². The first kappa shape index (κ1) is 16.3. The molecule has 25 heavy (non-hydrogen) atoms. The predicted octanol–water partition coefficient (Wildman–Crippen LogP) is 2.61. The summed E-state index contributed by atoms with van der Waals surface area (Å²) in [5.41, 5.74) is 3.51. The number of hydrogen-bond donors (Lipinski definition) is 0. The summed E-state index contributed by atoms with van der Waals surface area (Å²) >= 11 is 0. The summed E-state index contributed by atoms with van der Waals surface area (Å²) in [4.78, 5) is 15.0. The van der Waals surface area contributed by atoms with Gasteiger partial charge in [0, 0.05) is 20.2 Å². The van der Waals surface area contributed by atoms with Crippen LogP contribution in [0.15, 0.2) is 36.5 Å². The SMILES string of the molecule is COC[C@H]1c2c(cnn2CC2CC2)CCN1C(=O)Cc1ccccc1. The van der Waals surface area contributed by atoms with Crippen LogP contribution >= 0.6 is 0 Å². The lowest BCUT2D eigenvalue weighted by Gasteiger charge is -2.36. The highest BCUT2D eigenvalue weighted by molar-refractivity contribution is 5.79. The van der Waals surface area contributed by atoms with Crippen LogP contribution in [-0.4, -0.2) is 40.8 Å². The van der Waals surface area contributed by atoms with E-state index in [2.05, 4.69) is 9.78 Å². The van der Waals surface area contributed by atoms with Crippen molar-refractivity contribution in [3.05, 3.63) is 53.3 Å². The number of benzene rings is 1. The predicted molar refractivity (Wildman–Crippen MR) is 95.1 cm³/mol. The molecular formula is C20H25N3O2. The van der Waals surface area contributed by atoms with Crippen LogP contribution in [0.1, 0.15) is 35.7 Å². The summed E-state index contributed by atoms with van der Waals surface area (Å²) in [5, 5.41) is 4.61. The number of ether oxygens (including phenoxy) is 1. The minimum atomic E-state index is -0.0359. The van der Waals surface area contributed by atoms with Gasteiger partial charge in [-0.2, -0.15) is 5.10 Å². The quantitative estimate of drug-likeness (QED) is 0.813. The number of carbonyl (C=O) groups is 1. The molecule has 4 rings (SSSR count). The van der Waals surface area contributed by atoms with E-state index in [4.69, 9.17) is 4.74 Å². The Morgan fingerprint density at radius 3 is 2.80 bits per heavy atom. The molecule has 1 atom stereocenters. The largest absolute Gasteiger partial charge is 0.382 e. The lowest BCUT2D eigenvalue weighted by molar-refractivity contribution is -0.134. The maximum atomic E-state index is 13.0. The van der Waals surface area contributed by atoms with E-state index in [1.165, 1.54) is 24.1 Å². The Bertz CT molecular complexity index is 737. The van der Waals surface area contributed by atoms with Crippen LogP contribution in [0.5, 0.6) is 0 Å². The van der Waals surface area contributed by atoms with Gasteiger partial charge >= 0.3 is 0 Å². The smallest absolute Gasteiger partial charge is 0.227 e. The van der Waals surface area contributed by atoms with Crippen molar-refractivity contribution >= 4 is 5.91 Å². The topological polar surface area (TPSA) is 47.4 Å². The third-order valence-corrected chi connectivity index (χ3v) is 5.25. The number of rotatable bonds is 6. The van der Waals surface area contributed by atoms with E-state index < -0.39 is 0 Å². The monoisotopic (exact) mass is 339 g/mol. The molecule has 1 aliphatic carbocycles. The van der Waals surface area contributed by atoms with E-state index in [9.17, 15) is 4.79 Å². The molecule has 1 fully saturated rings. The summed E-state index contributed by atoms with van der Waals surface area (Å²) in [6.07, 6.45) is 5.88. The van der Waals surface area contributed by atoms with Gasteiger partial charge in [-0.15, -0.1) is 0 Å². The van der Waals surface area contributed by atoms with Crippen molar-refractivity contribution in [2.45, 2.75) is 38.3 Å². The molecule has 5 nitrogen and oxygen atoms in total. The summed E-state index contributed by atoms with van der Waals surface area (Å²) in [6, 6.07) is 9.92. The molecule has 0 N–H and O–H groups in total. The molecule has 0 spiro atoms. The summed E-state index contributed by atoms with van der Waals surface area (Å²) in [5.74, 6) is 0.917. The number of amides is 1. The molecule has 0 radical (unpaired) electrons. The van der Waals surface area contributed by atoms with Gasteiger partial charge < -0.3 is 9.64 Å². The summed E-state index contributed by atoms with van der Waals surface area (Å²) in [7, 11) is 1.70. The second-order valence-electron chi connectivity index (χ2n) is 7.15. The van der Waals surface area contributed by atoms with Gasteiger partial charge in [0.05, 0.1) is 31.0 Å². The number of carbonyl (C=O) groups excluding carboxylic acids is 1. The molecule has 2 heterocycles. The Morgan fingerprint density at radius 1 is 1.28 bits per heavy atom. The average molecular weight is 339 g/mol. The second-order valence-corrected chi connectivity index (χ2v) is 7.15. The summed E-state index contributed by atoms with van der Waals surface area (Å²) < 4.78 is 7.60. The Balaban J connectivity index is 1.58. The normalized spacial score (nSPS) is 19.7. The van der Waals surface area contributed by atoms with Crippen molar-refractivity contribution in [3.8, 4) is 0 Å². The van der Waals surface area contributed by atoms with Crippen LogP contribution < -0.4 is 0 Å². The molecule has 1 amide bonds. The molecule has 1 saturated carbocycles. The molecule has 0 saturated heterocycles. The first-order valence-corrected chi connectivity index (χ1v) is 9.13. The molecule has 5 heteroatoms. The van der Waals surface area contributed by atoms with E-state index in [-0.39, 0.29) is 11.9 Å². The van der Waals surface area contributed by atoms with Gasteiger partial charge in [-0.25, -0.2) is 0 Å². The van der Waals surface area contributed by atoms with Gasteiger partial charge in [-0.05, 0) is 36.3 Å². The van der Waals surface area contributed by atoms with Crippen LogP contribution in [0.2, 0.25) is 0 Å². The first-order chi connectivity index (χ1) is 12.3. The highest BCUT2D eigenvalue weighted by Gasteiger charge is 2.35. The van der Waals surface area contributed by atoms with Crippen LogP contribution in [0.3, 0.4) is 0 Å². The zero-order valence-electron chi connectivity index (χ0n) is 14.7. The fraction of sp³-hybridized carbons (Fsp3) is 0.500. The van der Waals surface area contributed by atoms with Gasteiger partial charge in [-0.3, -0.25) is 9.48 Å². The highest BCUT2D eigenvalue weighted by atomic mass is 16.5. The van der Waals surface area contributed by atoms with E-state index in [1.54, 1.807) is 7.11 Å². The molecule has 2 aliphatic rings. The van der Waals surface area contributed by atoms with Crippen molar-refractivity contribution < 1.29 is 9.53 Å². The van der Waals surface area contributed by atoms with Crippen LogP contribution in [0.4, 0.5) is 0 Å². The molecule has 0 bridgehead atoms. The maximum Gasteiger partial charge on any atom is 0.227 e. The van der Waals surface area contributed by atoms with E-state index in [0.717, 1.165) is 31.0 Å². The Kier molecular flexibility index (Phi) is 4.57. The molecule has 0 unspecified atom stereocenters. The minimum Gasteiger partial charge on any atom is -0.382 e. The fourth-order valence-corrected chi connectivity index (χ4v) is 3.74. The fourth-order valence-electron chi connectivity index (χ4n) is 3.74. The number of nitrogens with zero attached hydrogens (tertiary/aromatic N) is 3. The second kappa shape index (κ2) is 7.00. The Hall–Kier alpha value is -2.14.